The van der Waals surface area contributed by atoms with Gasteiger partial charge in [0.2, 0.25) is 5.95 Å². The van der Waals surface area contributed by atoms with Crippen molar-refractivity contribution in [3.63, 3.8) is 0 Å². The number of nitrogens with two attached hydrogens (primary N) is 1. The summed E-state index contributed by atoms with van der Waals surface area (Å²) in [6, 6.07) is 6.95. The third-order valence-corrected chi connectivity index (χ3v) is 9.02. The number of hydrogen-bond acceptors (Lipinski definition) is 12. The van der Waals surface area contributed by atoms with E-state index in [1.807, 2.05) is 0 Å². The number of ether oxygens (including phenoxy) is 2. The fourth-order valence-electron chi connectivity index (χ4n) is 4.49. The van der Waals surface area contributed by atoms with E-state index in [9.17, 15) is 23.2 Å². The molecule has 3 heterocycles. The zero-order valence-corrected chi connectivity index (χ0v) is 24.8. The zero-order chi connectivity index (χ0) is 30.9. The van der Waals surface area contributed by atoms with Gasteiger partial charge in [-0.15, -0.1) is 11.6 Å². The number of para-hydroxylation sites is 1. The van der Waals surface area contributed by atoms with E-state index in [0.29, 0.717) is 5.82 Å². The summed E-state index contributed by atoms with van der Waals surface area (Å²) < 4.78 is 65.9. The van der Waals surface area contributed by atoms with Gasteiger partial charge in [-0.05, 0) is 38.8 Å². The number of carbonyl (C=O) groups is 1. The van der Waals surface area contributed by atoms with Crippen molar-refractivity contribution in [2.45, 2.75) is 68.5 Å². The van der Waals surface area contributed by atoms with E-state index in [-0.39, 0.29) is 35.5 Å². The fourth-order valence-corrected chi connectivity index (χ4v) is 6.29. The van der Waals surface area contributed by atoms with Crippen molar-refractivity contribution in [1.82, 2.24) is 24.6 Å². The molecule has 0 amide bonds. The maximum atomic E-state index is 14.6. The lowest BCUT2D eigenvalue weighted by Crippen LogP contribution is -2.48. The van der Waals surface area contributed by atoms with Crippen LogP contribution in [0.5, 0.6) is 5.75 Å². The molecule has 2 fully saturated rings. The molecular weight excluding hydrogens is 615 g/mol. The highest BCUT2D eigenvalue weighted by molar-refractivity contribution is 7.52. The van der Waals surface area contributed by atoms with Crippen molar-refractivity contribution in [3.8, 4) is 5.75 Å². The van der Waals surface area contributed by atoms with Gasteiger partial charge in [-0.25, -0.2) is 18.3 Å². The van der Waals surface area contributed by atoms with Crippen LogP contribution in [0.15, 0.2) is 36.7 Å². The molecule has 2 aliphatic rings. The van der Waals surface area contributed by atoms with E-state index in [1.165, 1.54) is 25.4 Å². The number of nitrogens with zero attached hydrogens (tertiary/aromatic N) is 4. The molecule has 5 N–H and O–H groups in total. The number of imidazole rings is 1. The van der Waals surface area contributed by atoms with Crippen molar-refractivity contribution in [3.05, 3.63) is 36.7 Å². The quantitative estimate of drug-likeness (QED) is 0.121. The Morgan fingerprint density at radius 1 is 1.33 bits per heavy atom. The van der Waals surface area contributed by atoms with Crippen LogP contribution in [0.3, 0.4) is 0 Å². The van der Waals surface area contributed by atoms with Gasteiger partial charge in [0.25, 0.3) is 6.43 Å². The molecule has 18 heteroatoms. The van der Waals surface area contributed by atoms with Gasteiger partial charge in [-0.3, -0.25) is 13.9 Å². The Labute approximate surface area is 249 Å². The van der Waals surface area contributed by atoms with Gasteiger partial charge in [0.15, 0.2) is 28.1 Å². The lowest BCUT2D eigenvalue weighted by atomic mass is 9.99. The van der Waals surface area contributed by atoms with Gasteiger partial charge in [0, 0.05) is 6.04 Å². The third kappa shape index (κ3) is 6.54. The minimum Gasteiger partial charge on any atom is -0.465 e. The average molecular weight is 646 g/mol. The maximum absolute atomic E-state index is 14.6. The number of aliphatic hydroxyl groups is 1. The molecule has 2 aromatic heterocycles. The lowest BCUT2D eigenvalue weighted by Gasteiger charge is -2.29. The van der Waals surface area contributed by atoms with Gasteiger partial charge in [0.1, 0.15) is 24.0 Å². The second kappa shape index (κ2) is 12.5. The molecule has 14 nitrogen and oxygen atoms in total. The summed E-state index contributed by atoms with van der Waals surface area (Å²) in [5.74, 6) is -0.437. The van der Waals surface area contributed by atoms with E-state index in [4.69, 9.17) is 35.9 Å². The van der Waals surface area contributed by atoms with Gasteiger partial charge in [-0.2, -0.15) is 15.1 Å². The van der Waals surface area contributed by atoms with E-state index < -0.39 is 56.1 Å². The van der Waals surface area contributed by atoms with E-state index >= 15 is 0 Å². The molecule has 1 saturated heterocycles. The van der Waals surface area contributed by atoms with Crippen molar-refractivity contribution < 1.29 is 41.8 Å². The number of halogens is 3. The Hall–Kier alpha value is -3.14. The number of nitrogens with one attached hydrogen (secondary N) is 2. The van der Waals surface area contributed by atoms with Crippen molar-refractivity contribution in [2.24, 2.45) is 0 Å². The summed E-state index contributed by atoms with van der Waals surface area (Å²) in [4.78, 5) is 22.1. The summed E-state index contributed by atoms with van der Waals surface area (Å²) >= 11 is 6.43. The van der Waals surface area contributed by atoms with Crippen LogP contribution in [0.4, 0.5) is 20.5 Å². The van der Waals surface area contributed by atoms with Crippen molar-refractivity contribution >= 4 is 48.2 Å². The standard InChI is InChI=1S/C25H31ClF2N7O7P/c1-3-39-21(37)13(2)34-43(38,42-15-7-5-4-6-8-15)40-11-16-18(36)25(26,22(27)28)23(41-16)35-12-30-17-19(31-14-9-10-14)32-24(29)33-20(17)35/h4-8,12-14,16,18,22-23,36H,3,9-11H2,1-2H3,(H,34,38)(H3,29,31,32,33)/t13-,16-,18-,23-,25+,43-/m1/s1. The molecule has 0 spiro atoms. The number of aliphatic hydroxyl groups excluding tert-OH is 1. The molecule has 43 heavy (non-hydrogen) atoms. The topological polar surface area (TPSA) is 185 Å². The lowest BCUT2D eigenvalue weighted by molar-refractivity contribution is -0.144. The van der Waals surface area contributed by atoms with Crippen LogP contribution in [0.2, 0.25) is 0 Å². The normalized spacial score (nSPS) is 25.9. The Morgan fingerprint density at radius 3 is 2.70 bits per heavy atom. The first-order valence-corrected chi connectivity index (χ1v) is 15.4. The zero-order valence-electron chi connectivity index (χ0n) is 23.1. The van der Waals surface area contributed by atoms with Gasteiger partial charge in [-0.1, -0.05) is 18.2 Å². The van der Waals surface area contributed by atoms with Crippen LogP contribution in [0.25, 0.3) is 11.2 Å². The van der Waals surface area contributed by atoms with E-state index in [0.717, 1.165) is 17.4 Å². The fraction of sp³-hybridized carbons (Fsp3) is 0.520. The predicted molar refractivity (Wildman–Crippen MR) is 151 cm³/mol. The molecule has 3 aromatic rings. The molecule has 234 valence electrons. The first-order chi connectivity index (χ1) is 20.4. The van der Waals surface area contributed by atoms with Crippen LogP contribution in [0.1, 0.15) is 32.9 Å². The Balaban J connectivity index is 1.41. The Bertz CT molecular complexity index is 1500. The largest absolute Gasteiger partial charge is 0.465 e. The average Bonchev–Trinajstić information content (AvgIpc) is 3.62. The molecular formula is C25H31ClF2N7O7P. The number of hydrogen-bond donors (Lipinski definition) is 4. The molecule has 1 aliphatic carbocycles. The Kier molecular flexibility index (Phi) is 9.07. The monoisotopic (exact) mass is 645 g/mol. The highest BCUT2D eigenvalue weighted by Crippen LogP contribution is 2.51. The highest BCUT2D eigenvalue weighted by Gasteiger charge is 2.62. The molecule has 6 atom stereocenters. The van der Waals surface area contributed by atoms with Crippen LogP contribution >= 0.6 is 19.3 Å². The number of esters is 1. The minimum atomic E-state index is -4.40. The number of aromatic nitrogens is 4. The van der Waals surface area contributed by atoms with Crippen LogP contribution < -0.4 is 20.7 Å². The number of carbonyl (C=O) groups excluding carboxylic acids is 1. The number of anilines is 2. The number of benzene rings is 1. The number of fused-ring (bicyclic) bond motifs is 1. The maximum Gasteiger partial charge on any atom is 0.459 e. The van der Waals surface area contributed by atoms with Gasteiger partial charge >= 0.3 is 13.7 Å². The summed E-state index contributed by atoms with van der Waals surface area (Å²) in [5, 5.41) is 16.7. The highest BCUT2D eigenvalue weighted by atomic mass is 35.5. The van der Waals surface area contributed by atoms with Crippen molar-refractivity contribution in [1.29, 1.82) is 0 Å². The summed E-state index contributed by atoms with van der Waals surface area (Å²) in [6.07, 6.45) is -5.57. The smallest absolute Gasteiger partial charge is 0.459 e. The van der Waals surface area contributed by atoms with Crippen LogP contribution in [-0.2, 0) is 23.4 Å². The third-order valence-electron chi connectivity index (χ3n) is 6.80. The number of rotatable bonds is 13. The summed E-state index contributed by atoms with van der Waals surface area (Å²) in [5.41, 5.74) is 6.17. The minimum absolute atomic E-state index is 0.0445. The van der Waals surface area contributed by atoms with E-state index in [2.05, 4.69) is 25.4 Å². The molecule has 0 radical (unpaired) electrons. The second-order valence-electron chi connectivity index (χ2n) is 10.1. The molecule has 0 unspecified atom stereocenters. The molecule has 1 aliphatic heterocycles. The Morgan fingerprint density at radius 2 is 2.05 bits per heavy atom. The predicted octanol–water partition coefficient (Wildman–Crippen LogP) is 3.23. The van der Waals surface area contributed by atoms with E-state index in [1.54, 1.807) is 25.1 Å². The molecule has 5 rings (SSSR count). The number of nitrogen functional groups attached to an aromatic ring is 1. The second-order valence-corrected chi connectivity index (χ2v) is 12.4. The van der Waals surface area contributed by atoms with Gasteiger partial charge < -0.3 is 30.2 Å². The number of alkyl halides is 3. The van der Waals surface area contributed by atoms with Crippen molar-refractivity contribution in [2.75, 3.05) is 24.3 Å². The van der Waals surface area contributed by atoms with Crippen LogP contribution in [-0.4, -0.2) is 79.4 Å². The summed E-state index contributed by atoms with van der Waals surface area (Å²) in [7, 11) is -4.40. The summed E-state index contributed by atoms with van der Waals surface area (Å²) in [6.45, 7) is 2.32. The molecule has 0 bridgehead atoms. The molecule has 1 aromatic carbocycles. The first kappa shape index (κ1) is 31.3. The molecule has 1 saturated carbocycles. The van der Waals surface area contributed by atoms with Crippen LogP contribution in [0, 0.1) is 0 Å². The SMILES string of the molecule is CCOC(=O)[C@@H](C)N[P@@](=O)(OC[C@H]1O[C@@H](n2cnc3c(NC4CC4)nc(N)nc32)[C@@](Cl)(C(F)F)[C@@H]1O)Oc1ccccc1. The first-order valence-electron chi connectivity index (χ1n) is 13.5. The van der Waals surface area contributed by atoms with Gasteiger partial charge in [0.05, 0.1) is 19.5 Å².